The quantitative estimate of drug-likeness (QED) is 0.153. The maximum absolute atomic E-state index is 12.9. The summed E-state index contributed by atoms with van der Waals surface area (Å²) < 4.78 is 11.8. The Balaban J connectivity index is 1.83. The summed E-state index contributed by atoms with van der Waals surface area (Å²) in [5.74, 6) is -1.01. The van der Waals surface area contributed by atoms with Gasteiger partial charge in [-0.2, -0.15) is 0 Å². The van der Waals surface area contributed by atoms with Crippen LogP contribution in [0.3, 0.4) is 0 Å². The van der Waals surface area contributed by atoms with Gasteiger partial charge in [0.05, 0.1) is 16.6 Å². The maximum atomic E-state index is 12.9. The summed E-state index contributed by atoms with van der Waals surface area (Å²) in [5.41, 5.74) is -0.103. The molecule has 1 heterocycles. The van der Waals surface area contributed by atoms with Crippen LogP contribution in [0.15, 0.2) is 30.3 Å². The molecule has 1 saturated carbocycles. The summed E-state index contributed by atoms with van der Waals surface area (Å²) in [4.78, 5) is 25.4. The lowest BCUT2D eigenvalue weighted by Gasteiger charge is -2.13. The maximum Gasteiger partial charge on any atom is 0.201 e. The normalized spacial score (nSPS) is 13.7. The second-order valence-electron chi connectivity index (χ2n) is 5.89. The second-order valence-corrected chi connectivity index (χ2v) is 6.68. The number of hydrogen-bond donors (Lipinski definition) is 0. The summed E-state index contributed by atoms with van der Waals surface area (Å²) >= 11 is 12.5. The number of tetrazole rings is 1. The van der Waals surface area contributed by atoms with Crippen molar-refractivity contribution in [2.45, 2.75) is 19.4 Å². The van der Waals surface area contributed by atoms with Gasteiger partial charge in [-0.25, -0.2) is 4.68 Å². The lowest BCUT2D eigenvalue weighted by atomic mass is 9.98. The monoisotopic (exact) mass is 420 g/mol. The molecule has 0 radical (unpaired) electrons. The first-order valence-electron chi connectivity index (χ1n) is 8.24. The number of allylic oxidation sites excluding steroid dienone is 1. The van der Waals surface area contributed by atoms with Gasteiger partial charge in [0.25, 0.3) is 0 Å². The number of ketones is 2. The fourth-order valence-electron chi connectivity index (χ4n) is 2.39. The second kappa shape index (κ2) is 8.87. The third-order valence-electron chi connectivity index (χ3n) is 3.95. The van der Waals surface area contributed by atoms with Crippen LogP contribution in [0, 0.1) is 18.4 Å². The Morgan fingerprint density at radius 2 is 2.14 bits per heavy atom. The van der Waals surface area contributed by atoms with E-state index in [9.17, 15) is 9.59 Å². The van der Waals surface area contributed by atoms with Crippen molar-refractivity contribution in [3.8, 4) is 18.3 Å². The van der Waals surface area contributed by atoms with E-state index < -0.39 is 5.78 Å². The van der Waals surface area contributed by atoms with Crippen LogP contribution in [0.25, 0.3) is 0 Å². The third kappa shape index (κ3) is 4.50. The average Bonchev–Trinajstić information content (AvgIpc) is 3.41. The molecule has 1 aliphatic rings. The highest BCUT2D eigenvalue weighted by atomic mass is 35.5. The molecule has 10 heteroatoms. The number of carbonyl (C=O) groups is 2. The minimum Gasteiger partial charge on any atom is -0.488 e. The van der Waals surface area contributed by atoms with Gasteiger partial charge >= 0.3 is 0 Å². The van der Waals surface area contributed by atoms with Crippen molar-refractivity contribution in [1.29, 1.82) is 0 Å². The zero-order chi connectivity index (χ0) is 20.1. The zero-order valence-corrected chi connectivity index (χ0v) is 16.0. The van der Waals surface area contributed by atoms with Crippen LogP contribution in [0.1, 0.15) is 23.2 Å². The van der Waals surface area contributed by atoms with Crippen molar-refractivity contribution in [2.75, 3.05) is 6.61 Å². The van der Waals surface area contributed by atoms with E-state index in [4.69, 9.17) is 39.1 Å². The molecular weight excluding hydrogens is 407 g/mol. The molecule has 0 N–H and O–H groups in total. The summed E-state index contributed by atoms with van der Waals surface area (Å²) in [6, 6.07) is 2.89. The molecular formula is C18H14Cl2N4O4. The molecule has 1 aromatic heterocycles. The Morgan fingerprint density at radius 3 is 2.79 bits per heavy atom. The topological polar surface area (TPSA) is 96.2 Å². The fraction of sp³-hybridized carbons (Fsp3) is 0.278. The van der Waals surface area contributed by atoms with Crippen molar-refractivity contribution < 1.29 is 19.1 Å². The number of ether oxygens (including phenoxy) is 2. The van der Waals surface area contributed by atoms with Crippen LogP contribution in [0.2, 0.25) is 10.0 Å². The molecule has 1 aliphatic carbocycles. The number of hydrogen-bond acceptors (Lipinski definition) is 7. The van der Waals surface area contributed by atoms with Gasteiger partial charge in [-0.15, -0.1) is 5.10 Å². The third-order valence-corrected chi connectivity index (χ3v) is 4.63. The van der Waals surface area contributed by atoms with Crippen LogP contribution < -0.4 is 4.74 Å². The number of benzene rings is 1. The Hall–Kier alpha value is -2.89. The Morgan fingerprint density at radius 1 is 1.36 bits per heavy atom. The van der Waals surface area contributed by atoms with Crippen molar-refractivity contribution in [1.82, 2.24) is 20.2 Å². The molecule has 3 rings (SSSR count). The summed E-state index contributed by atoms with van der Waals surface area (Å²) in [6.45, 7) is 0.505. The van der Waals surface area contributed by atoms with Crippen LogP contribution in [0.5, 0.6) is 5.75 Å². The molecule has 8 nitrogen and oxygen atoms in total. The molecule has 144 valence electrons. The standard InChI is InChI=1S/C18H14Cl2N4O4/c1-2-27-9-13(16(25)11-3-4-11)17(26)12-5-6-14(19)18(15(12)20)28-8-7-24-10-21-22-23-24/h1,5-6,9-11H,3-4,7-8H2. The molecule has 0 aliphatic heterocycles. The Kier molecular flexibility index (Phi) is 6.29. The Bertz CT molecular complexity index is 963. The molecule has 0 amide bonds. The zero-order valence-electron chi connectivity index (χ0n) is 14.5. The fourth-order valence-corrected chi connectivity index (χ4v) is 2.96. The SMILES string of the molecule is C#COC=C(C(=O)c1ccc(Cl)c(OCCn2cnnn2)c1Cl)C(=O)C1CC1. The molecule has 2 aromatic rings. The summed E-state index contributed by atoms with van der Waals surface area (Å²) in [6.07, 6.45) is 10.8. The average molecular weight is 421 g/mol. The lowest BCUT2D eigenvalue weighted by molar-refractivity contribution is -0.116. The van der Waals surface area contributed by atoms with Crippen LogP contribution >= 0.6 is 23.2 Å². The molecule has 0 atom stereocenters. The molecule has 1 aromatic carbocycles. The minimum absolute atomic E-state index is 0.00980. The number of Topliss-reactive ketones (excluding diaryl/α,β-unsaturated/α-hetero) is 2. The van der Waals surface area contributed by atoms with Crippen molar-refractivity contribution in [2.24, 2.45) is 5.92 Å². The van der Waals surface area contributed by atoms with Gasteiger partial charge in [-0.1, -0.05) is 29.6 Å². The van der Waals surface area contributed by atoms with Gasteiger partial charge in [-0.05, 0) is 35.4 Å². The largest absolute Gasteiger partial charge is 0.488 e. The number of nitrogens with zero attached hydrogens (tertiary/aromatic N) is 4. The van der Waals surface area contributed by atoms with Crippen molar-refractivity contribution in [3.05, 3.63) is 45.9 Å². The first kappa shape index (κ1) is 19.9. The van der Waals surface area contributed by atoms with Gasteiger partial charge in [-0.3, -0.25) is 9.59 Å². The van der Waals surface area contributed by atoms with E-state index in [0.29, 0.717) is 6.54 Å². The molecule has 0 spiro atoms. The van der Waals surface area contributed by atoms with Gasteiger partial charge in [0.2, 0.25) is 5.78 Å². The number of aromatic nitrogens is 4. The highest BCUT2D eigenvalue weighted by molar-refractivity contribution is 6.41. The van der Waals surface area contributed by atoms with Crippen LogP contribution in [-0.4, -0.2) is 38.4 Å². The number of rotatable bonds is 9. The lowest BCUT2D eigenvalue weighted by Crippen LogP contribution is -2.16. The molecule has 1 fully saturated rings. The highest BCUT2D eigenvalue weighted by Gasteiger charge is 2.36. The van der Waals surface area contributed by atoms with Gasteiger partial charge in [0.1, 0.15) is 30.9 Å². The summed E-state index contributed by atoms with van der Waals surface area (Å²) in [5, 5.41) is 11.0. The molecule has 28 heavy (non-hydrogen) atoms. The van der Waals surface area contributed by atoms with Crippen LogP contribution in [-0.2, 0) is 16.1 Å². The van der Waals surface area contributed by atoms with E-state index in [-0.39, 0.29) is 45.2 Å². The van der Waals surface area contributed by atoms with Gasteiger partial charge in [0, 0.05) is 11.5 Å². The first-order valence-corrected chi connectivity index (χ1v) is 9.00. The number of halogens is 2. The minimum atomic E-state index is -0.612. The van der Waals surface area contributed by atoms with E-state index in [2.05, 4.69) is 15.5 Å². The summed E-state index contributed by atoms with van der Waals surface area (Å²) in [7, 11) is 0. The van der Waals surface area contributed by atoms with E-state index in [1.165, 1.54) is 23.1 Å². The van der Waals surface area contributed by atoms with Crippen LogP contribution in [0.4, 0.5) is 0 Å². The highest BCUT2D eigenvalue weighted by Crippen LogP contribution is 2.38. The first-order chi connectivity index (χ1) is 13.5. The number of terminal acetylenes is 1. The molecule has 0 saturated heterocycles. The predicted octanol–water partition coefficient (Wildman–Crippen LogP) is 2.71. The van der Waals surface area contributed by atoms with E-state index in [1.807, 2.05) is 6.11 Å². The number of carbonyl (C=O) groups excluding carboxylic acids is 2. The smallest absolute Gasteiger partial charge is 0.201 e. The predicted molar refractivity (Wildman–Crippen MR) is 99.8 cm³/mol. The van der Waals surface area contributed by atoms with E-state index in [1.54, 1.807) is 0 Å². The van der Waals surface area contributed by atoms with E-state index >= 15 is 0 Å². The Labute approximate surface area is 170 Å². The van der Waals surface area contributed by atoms with E-state index in [0.717, 1.165) is 19.1 Å². The molecule has 0 unspecified atom stereocenters. The van der Waals surface area contributed by atoms with Crippen molar-refractivity contribution in [3.63, 3.8) is 0 Å². The van der Waals surface area contributed by atoms with Gasteiger partial charge in [0.15, 0.2) is 11.5 Å². The van der Waals surface area contributed by atoms with Crippen molar-refractivity contribution >= 4 is 34.8 Å². The van der Waals surface area contributed by atoms with Gasteiger partial charge < -0.3 is 9.47 Å². The molecule has 0 bridgehead atoms.